The molecule has 0 amide bonds. The summed E-state index contributed by atoms with van der Waals surface area (Å²) in [5.41, 5.74) is -0.277. The third-order valence-corrected chi connectivity index (χ3v) is 5.50. The molecule has 0 saturated heterocycles. The SMILES string of the molecule is CNc1sc(S(=O)(=O)NCCc2ncon2)cc1[N+](=O)[O-]. The number of sulfonamides is 1. The van der Waals surface area contributed by atoms with Gasteiger partial charge in [0, 0.05) is 26.1 Å². The van der Waals surface area contributed by atoms with Gasteiger partial charge >= 0.3 is 5.69 Å². The summed E-state index contributed by atoms with van der Waals surface area (Å²) < 4.78 is 30.8. The Kier molecular flexibility index (Phi) is 4.50. The molecule has 21 heavy (non-hydrogen) atoms. The number of nitrogens with zero attached hydrogens (tertiary/aromatic N) is 3. The molecular weight excluding hydrogens is 322 g/mol. The molecule has 0 saturated carbocycles. The average Bonchev–Trinajstić information content (AvgIpc) is 3.07. The van der Waals surface area contributed by atoms with Crippen LogP contribution in [0.15, 0.2) is 21.2 Å². The van der Waals surface area contributed by atoms with E-state index in [1.165, 1.54) is 7.05 Å². The number of hydrogen-bond donors (Lipinski definition) is 2. The van der Waals surface area contributed by atoms with Crippen molar-refractivity contribution in [2.75, 3.05) is 18.9 Å². The minimum absolute atomic E-state index is 0.0580. The summed E-state index contributed by atoms with van der Waals surface area (Å²) in [5.74, 6) is 0.366. The third-order valence-electron chi connectivity index (χ3n) is 2.43. The van der Waals surface area contributed by atoms with Gasteiger partial charge in [-0.2, -0.15) is 4.98 Å². The Bertz CT molecular complexity index is 724. The summed E-state index contributed by atoms with van der Waals surface area (Å²) in [6, 6.07) is 1.02. The second-order valence-electron chi connectivity index (χ2n) is 3.78. The molecule has 0 atom stereocenters. The first kappa shape index (κ1) is 15.3. The predicted molar refractivity (Wildman–Crippen MR) is 73.7 cm³/mol. The highest BCUT2D eigenvalue weighted by atomic mass is 32.2. The molecule has 0 unspecified atom stereocenters. The van der Waals surface area contributed by atoms with Gasteiger partial charge in [0.2, 0.25) is 16.4 Å². The Morgan fingerprint density at radius 2 is 2.29 bits per heavy atom. The summed E-state index contributed by atoms with van der Waals surface area (Å²) >= 11 is 0.790. The lowest BCUT2D eigenvalue weighted by Crippen LogP contribution is -2.25. The van der Waals surface area contributed by atoms with Crippen LogP contribution in [0.3, 0.4) is 0 Å². The van der Waals surface area contributed by atoms with Crippen molar-refractivity contribution in [3.63, 3.8) is 0 Å². The van der Waals surface area contributed by atoms with E-state index >= 15 is 0 Å². The molecule has 0 fully saturated rings. The maximum Gasteiger partial charge on any atom is 0.304 e. The highest BCUT2D eigenvalue weighted by molar-refractivity contribution is 7.91. The van der Waals surface area contributed by atoms with Gasteiger partial charge in [-0.05, 0) is 0 Å². The van der Waals surface area contributed by atoms with Gasteiger partial charge in [0.1, 0.15) is 4.21 Å². The lowest BCUT2D eigenvalue weighted by atomic mass is 10.4. The first-order valence-electron chi connectivity index (χ1n) is 5.65. The fraction of sp³-hybridized carbons (Fsp3) is 0.333. The van der Waals surface area contributed by atoms with E-state index in [0.29, 0.717) is 5.82 Å². The molecule has 2 aromatic heterocycles. The fourth-order valence-corrected chi connectivity index (χ4v) is 3.83. The van der Waals surface area contributed by atoms with Gasteiger partial charge in [-0.3, -0.25) is 10.1 Å². The number of aromatic nitrogens is 2. The van der Waals surface area contributed by atoms with Crippen LogP contribution in [0.25, 0.3) is 0 Å². The first-order chi connectivity index (χ1) is 9.94. The van der Waals surface area contributed by atoms with Gasteiger partial charge in [-0.25, -0.2) is 13.1 Å². The molecule has 2 N–H and O–H groups in total. The third kappa shape index (κ3) is 3.53. The zero-order valence-corrected chi connectivity index (χ0v) is 12.4. The van der Waals surface area contributed by atoms with Crippen LogP contribution in [0.2, 0.25) is 0 Å². The normalized spacial score (nSPS) is 11.5. The molecule has 0 aliphatic rings. The highest BCUT2D eigenvalue weighted by Crippen LogP contribution is 2.36. The van der Waals surface area contributed by atoms with Gasteiger partial charge < -0.3 is 9.84 Å². The van der Waals surface area contributed by atoms with E-state index in [4.69, 9.17) is 0 Å². The molecule has 0 aromatic carbocycles. The summed E-state index contributed by atoms with van der Waals surface area (Å²) in [5, 5.41) is 17.1. The Hall–Kier alpha value is -2.05. The van der Waals surface area contributed by atoms with E-state index in [0.717, 1.165) is 23.8 Å². The molecule has 114 valence electrons. The van der Waals surface area contributed by atoms with Gasteiger partial charge in [0.15, 0.2) is 10.8 Å². The quantitative estimate of drug-likeness (QED) is 0.554. The standard InChI is InChI=1S/C9H11N5O5S2/c1-10-9-6(14(15)16)4-8(20-9)21(17,18)12-3-2-7-11-5-19-13-7/h4-5,10,12H,2-3H2,1H3. The van der Waals surface area contributed by atoms with Crippen LogP contribution in [0.1, 0.15) is 5.82 Å². The Balaban J connectivity index is 2.10. The number of hydrogen-bond acceptors (Lipinski definition) is 9. The largest absolute Gasteiger partial charge is 0.374 e. The van der Waals surface area contributed by atoms with E-state index in [2.05, 4.69) is 24.7 Å². The molecule has 2 heterocycles. The van der Waals surface area contributed by atoms with Gasteiger partial charge in [0.25, 0.3) is 0 Å². The van der Waals surface area contributed by atoms with Crippen LogP contribution in [0.4, 0.5) is 10.7 Å². The minimum atomic E-state index is -3.82. The fourth-order valence-electron chi connectivity index (χ4n) is 1.48. The van der Waals surface area contributed by atoms with Crippen molar-refractivity contribution in [3.05, 3.63) is 28.4 Å². The lowest BCUT2D eigenvalue weighted by Gasteiger charge is -2.01. The summed E-state index contributed by atoms with van der Waals surface area (Å²) in [6.45, 7) is 0.0580. The average molecular weight is 333 g/mol. The second kappa shape index (κ2) is 6.15. The molecule has 2 rings (SSSR count). The molecular formula is C9H11N5O5S2. The van der Waals surface area contributed by atoms with Crippen molar-refractivity contribution in [2.24, 2.45) is 0 Å². The van der Waals surface area contributed by atoms with E-state index in [9.17, 15) is 18.5 Å². The molecule has 0 bridgehead atoms. The molecule has 10 nitrogen and oxygen atoms in total. The zero-order chi connectivity index (χ0) is 15.5. The summed E-state index contributed by atoms with van der Waals surface area (Å²) in [6.07, 6.45) is 1.40. The van der Waals surface area contributed by atoms with Gasteiger partial charge in [0.05, 0.1) is 4.92 Å². The van der Waals surface area contributed by atoms with Crippen LogP contribution < -0.4 is 10.0 Å². The molecule has 0 radical (unpaired) electrons. The van der Waals surface area contributed by atoms with Crippen LogP contribution in [0.5, 0.6) is 0 Å². The predicted octanol–water partition coefficient (Wildman–Crippen LogP) is 0.602. The Morgan fingerprint density at radius 1 is 1.52 bits per heavy atom. The van der Waals surface area contributed by atoms with Crippen LogP contribution in [-0.4, -0.2) is 37.1 Å². The highest BCUT2D eigenvalue weighted by Gasteiger charge is 2.25. The summed E-state index contributed by atoms with van der Waals surface area (Å²) in [4.78, 5) is 13.9. The molecule has 0 aliphatic carbocycles. The smallest absolute Gasteiger partial charge is 0.304 e. The van der Waals surface area contributed by atoms with Crippen molar-refractivity contribution >= 4 is 32.0 Å². The number of nitrogens with one attached hydrogen (secondary N) is 2. The van der Waals surface area contributed by atoms with Crippen molar-refractivity contribution < 1.29 is 17.9 Å². The Labute approximate surface area is 123 Å². The van der Waals surface area contributed by atoms with Crippen LogP contribution in [-0.2, 0) is 16.4 Å². The summed E-state index contributed by atoms with van der Waals surface area (Å²) in [7, 11) is -2.34. The molecule has 0 aliphatic heterocycles. The van der Waals surface area contributed by atoms with E-state index in [-0.39, 0.29) is 27.9 Å². The first-order valence-corrected chi connectivity index (χ1v) is 7.95. The molecule has 2 aromatic rings. The zero-order valence-electron chi connectivity index (χ0n) is 10.8. The molecule has 0 spiro atoms. The number of nitro groups is 1. The maximum atomic E-state index is 12.0. The van der Waals surface area contributed by atoms with E-state index in [1.54, 1.807) is 0 Å². The van der Waals surface area contributed by atoms with Gasteiger partial charge in [-0.15, -0.1) is 0 Å². The number of rotatable bonds is 7. The monoisotopic (exact) mass is 333 g/mol. The number of thiophene rings is 1. The van der Waals surface area contributed by atoms with Crippen molar-refractivity contribution in [1.29, 1.82) is 0 Å². The van der Waals surface area contributed by atoms with Crippen molar-refractivity contribution in [1.82, 2.24) is 14.9 Å². The minimum Gasteiger partial charge on any atom is -0.374 e. The van der Waals surface area contributed by atoms with Crippen LogP contribution >= 0.6 is 11.3 Å². The topological polar surface area (TPSA) is 140 Å². The Morgan fingerprint density at radius 3 is 2.81 bits per heavy atom. The van der Waals surface area contributed by atoms with E-state index in [1.807, 2.05) is 0 Å². The lowest BCUT2D eigenvalue weighted by molar-refractivity contribution is -0.383. The number of anilines is 1. The van der Waals surface area contributed by atoms with Crippen LogP contribution in [0, 0.1) is 10.1 Å². The van der Waals surface area contributed by atoms with Crippen molar-refractivity contribution in [3.8, 4) is 0 Å². The molecule has 12 heteroatoms. The second-order valence-corrected chi connectivity index (χ2v) is 6.83. The maximum absolute atomic E-state index is 12.0. The van der Waals surface area contributed by atoms with E-state index < -0.39 is 14.9 Å². The van der Waals surface area contributed by atoms with Crippen molar-refractivity contribution in [2.45, 2.75) is 10.6 Å². The van der Waals surface area contributed by atoms with Gasteiger partial charge in [-0.1, -0.05) is 16.5 Å².